The number of hydrogen-bond donors (Lipinski definition) is 3. The van der Waals surface area contributed by atoms with Crippen LogP contribution in [0, 0.1) is 0 Å². The molecule has 0 bridgehead atoms. The molecule has 51 heavy (non-hydrogen) atoms. The van der Waals surface area contributed by atoms with Crippen molar-refractivity contribution in [2.24, 2.45) is 10.2 Å². The van der Waals surface area contributed by atoms with E-state index in [9.17, 15) is 51.5 Å². The van der Waals surface area contributed by atoms with Crippen LogP contribution in [0.15, 0.2) is 73.4 Å². The summed E-state index contributed by atoms with van der Waals surface area (Å²) in [5, 5.41) is 59.8. The van der Waals surface area contributed by atoms with Crippen LogP contribution < -0.4 is 134 Å². The Morgan fingerprint density at radius 2 is 1.37 bits per heavy atom. The summed E-state index contributed by atoms with van der Waals surface area (Å²) in [5.74, 6) is -2.28. The molecule has 1 amide bonds. The van der Waals surface area contributed by atoms with Gasteiger partial charge in [0.05, 0.1) is 57.5 Å². The zero-order valence-electron chi connectivity index (χ0n) is 26.5. The summed E-state index contributed by atoms with van der Waals surface area (Å²) in [6.07, 6.45) is -0.754. The van der Waals surface area contributed by atoms with Crippen LogP contribution in [0.4, 0.5) is 17.1 Å². The van der Waals surface area contributed by atoms with Gasteiger partial charge in [0, 0.05) is 33.2 Å². The van der Waals surface area contributed by atoms with Crippen LogP contribution in [-0.2, 0) is 65.3 Å². The molecule has 0 saturated carbocycles. The molecule has 0 spiro atoms. The van der Waals surface area contributed by atoms with Gasteiger partial charge < -0.3 is 35.1 Å². The third-order valence-corrected chi connectivity index (χ3v) is 8.35. The van der Waals surface area contributed by atoms with E-state index in [1.165, 1.54) is 12.1 Å². The van der Waals surface area contributed by atoms with E-state index < -0.39 is 67.2 Å². The third-order valence-electron chi connectivity index (χ3n) is 5.76. The van der Waals surface area contributed by atoms with Crippen molar-refractivity contribution in [1.82, 2.24) is 0 Å². The Hall–Kier alpha value is 0.829. The van der Waals surface area contributed by atoms with E-state index in [0.29, 0.717) is 22.8 Å². The molecule has 0 fully saturated rings. The second kappa shape index (κ2) is 24.5. The molecule has 0 aliphatic heterocycles. The number of amides is 1. The Morgan fingerprint density at radius 1 is 0.804 bits per heavy atom. The third kappa shape index (κ3) is 15.0. The van der Waals surface area contributed by atoms with Crippen molar-refractivity contribution in [3.8, 4) is 11.5 Å². The molecule has 0 atom stereocenters. The zero-order valence-corrected chi connectivity index (χ0v) is 38.7. The SMILES string of the molecule is O=C(CCOS(=O)(=O)[O-])Nc1cc2c(O)c(N=Nc3c(O)cc(SOO[O-])c4ccccc34)c(SOO[O-])cc2cc1S(=O)(=O)[O-].[Cu].[Na+].[Na+].[Na+].[Na+]. The Labute approximate surface area is 396 Å². The Balaban J connectivity index is 0. The molecule has 4 aromatic carbocycles. The van der Waals surface area contributed by atoms with Gasteiger partial charge in [-0.15, -0.1) is 10.2 Å². The summed E-state index contributed by atoms with van der Waals surface area (Å²) in [6.45, 7) is -0.899. The largest absolute Gasteiger partial charge is 1.00 e. The topological polar surface area (TPSA) is 301 Å². The van der Waals surface area contributed by atoms with Gasteiger partial charge >= 0.3 is 118 Å². The molecule has 0 aliphatic rings. The Morgan fingerprint density at radius 3 is 1.94 bits per heavy atom. The minimum atomic E-state index is -5.29. The second-order valence-electron chi connectivity index (χ2n) is 8.55. The summed E-state index contributed by atoms with van der Waals surface area (Å²) in [5.41, 5.74) is -1.21. The quantitative estimate of drug-likeness (QED) is 0.0202. The van der Waals surface area contributed by atoms with Crippen molar-refractivity contribution in [3.05, 3.63) is 48.5 Å². The summed E-state index contributed by atoms with van der Waals surface area (Å²) in [7, 11) is -10.4. The van der Waals surface area contributed by atoms with E-state index in [4.69, 9.17) is 0 Å². The van der Waals surface area contributed by atoms with Gasteiger partial charge in [-0.3, -0.25) is 19.1 Å². The molecule has 257 valence electrons. The Bertz CT molecular complexity index is 2070. The number of fused-ring (bicyclic) bond motifs is 2. The molecule has 4 aromatic rings. The number of hydrogen-bond acceptors (Lipinski definition) is 20. The number of rotatable bonds is 14. The van der Waals surface area contributed by atoms with E-state index in [0.717, 1.165) is 18.2 Å². The van der Waals surface area contributed by atoms with E-state index >= 15 is 0 Å². The fraction of sp³-hybridized carbons (Fsp3) is 0.0870. The monoisotopic (exact) mass is 872 g/mol. The number of carbonyl (C=O) groups excluding carboxylic acids is 1. The predicted octanol–water partition coefficient (Wildman–Crippen LogP) is -10.00. The summed E-state index contributed by atoms with van der Waals surface area (Å²) in [4.78, 5) is 11.4. The van der Waals surface area contributed by atoms with Crippen LogP contribution in [-0.4, -0.2) is 48.7 Å². The molecular formula is C23H15CuN3Na4O16S4. The van der Waals surface area contributed by atoms with E-state index in [-0.39, 0.29) is 174 Å². The molecule has 28 heteroatoms. The van der Waals surface area contributed by atoms with Crippen LogP contribution in [0.1, 0.15) is 6.42 Å². The maximum Gasteiger partial charge on any atom is 1.00 e. The average molecular weight is 873 g/mol. The van der Waals surface area contributed by atoms with Gasteiger partial charge in [-0.1, -0.05) is 24.3 Å². The first kappa shape index (κ1) is 53.9. The van der Waals surface area contributed by atoms with E-state index in [1.54, 1.807) is 18.2 Å². The van der Waals surface area contributed by atoms with Gasteiger partial charge in [0.25, 0.3) is 0 Å². The van der Waals surface area contributed by atoms with Crippen LogP contribution in [0.2, 0.25) is 0 Å². The van der Waals surface area contributed by atoms with Crippen molar-refractivity contribution in [2.45, 2.75) is 21.1 Å². The number of azo groups is 1. The van der Waals surface area contributed by atoms with Gasteiger partial charge in [0.15, 0.2) is 5.75 Å². The van der Waals surface area contributed by atoms with Crippen molar-refractivity contribution in [2.75, 3.05) is 11.9 Å². The van der Waals surface area contributed by atoms with Crippen LogP contribution >= 0.6 is 24.1 Å². The molecule has 0 unspecified atom stereocenters. The van der Waals surface area contributed by atoms with Crippen molar-refractivity contribution < 1.29 is 210 Å². The normalized spacial score (nSPS) is 11.1. The summed E-state index contributed by atoms with van der Waals surface area (Å²) < 4.78 is 80.5. The smallest absolute Gasteiger partial charge is 0.744 e. The molecule has 4 rings (SSSR count). The Kier molecular flexibility index (Phi) is 25.9. The molecule has 0 aliphatic carbocycles. The first-order valence-corrected chi connectivity index (χ1v) is 16.1. The van der Waals surface area contributed by atoms with Crippen molar-refractivity contribution >= 4 is 89.1 Å². The first-order valence-electron chi connectivity index (χ1n) is 11.9. The fourth-order valence-electron chi connectivity index (χ4n) is 3.98. The second-order valence-corrected chi connectivity index (χ2v) is 12.4. The standard InChI is InChI=1S/C23H19N3O16S4.Cu.4Na/c27-16-10-17(43-41-39-30)12-3-1-2-4-13(12)21(16)25-26-22-18(44-42-40-31)7-11-8-19(45(32,33)34)15(9-14(11)23(22)29)24-20(28)5-6-38-46(35,36)37;;;;;/h1-4,7-10,27,29-31H,5-6H2,(H,24,28)(H,32,33,34)(H,35,36,37);;;;;/q;;4*+1/p-4. The molecule has 0 saturated heterocycles. The van der Waals surface area contributed by atoms with Crippen LogP contribution in [0.25, 0.3) is 21.5 Å². The maximum atomic E-state index is 12.3. The predicted molar refractivity (Wildman–Crippen MR) is 148 cm³/mol. The molecule has 1 radical (unpaired) electrons. The fourth-order valence-corrected chi connectivity index (χ4v) is 5.93. The summed E-state index contributed by atoms with van der Waals surface area (Å²) in [6, 6.07) is 10.3. The van der Waals surface area contributed by atoms with Crippen LogP contribution in [0.3, 0.4) is 0 Å². The molecular weight excluding hydrogens is 858 g/mol. The maximum absolute atomic E-state index is 12.3. The number of phenolic OH excluding ortho intramolecular Hbond substituents is 2. The average Bonchev–Trinajstić information content (AvgIpc) is 2.98. The first-order chi connectivity index (χ1) is 21.7. The number of nitrogens with zero attached hydrogens (tertiary/aromatic N) is 2. The molecule has 0 aromatic heterocycles. The summed E-state index contributed by atoms with van der Waals surface area (Å²) >= 11 is 0.713. The number of carbonyl (C=O) groups is 1. The van der Waals surface area contributed by atoms with E-state index in [1.807, 2.05) is 0 Å². The molecule has 19 nitrogen and oxygen atoms in total. The van der Waals surface area contributed by atoms with E-state index in [2.05, 4.69) is 38.5 Å². The van der Waals surface area contributed by atoms with Crippen molar-refractivity contribution in [1.29, 1.82) is 0 Å². The van der Waals surface area contributed by atoms with Crippen molar-refractivity contribution in [3.63, 3.8) is 0 Å². The number of phenols is 2. The van der Waals surface area contributed by atoms with Gasteiger partial charge in [0.2, 0.25) is 16.3 Å². The van der Waals surface area contributed by atoms with Gasteiger partial charge in [-0.05, 0) is 29.7 Å². The number of anilines is 1. The van der Waals surface area contributed by atoms with Gasteiger partial charge in [-0.2, -0.15) is 8.67 Å². The number of aromatic hydroxyl groups is 2. The minimum Gasteiger partial charge on any atom is -0.744 e. The number of benzene rings is 4. The number of nitrogens with one attached hydrogen (secondary N) is 1. The van der Waals surface area contributed by atoms with Gasteiger partial charge in [0.1, 0.15) is 27.2 Å². The minimum absolute atomic E-state index is 0. The zero-order chi connectivity index (χ0) is 33.6. The molecule has 0 heterocycles. The molecule has 3 N–H and O–H groups in total. The van der Waals surface area contributed by atoms with Crippen LogP contribution in [0.5, 0.6) is 11.5 Å². The van der Waals surface area contributed by atoms with Gasteiger partial charge in [-0.25, -0.2) is 16.8 Å².